The molecule has 96 valence electrons. The molecule has 0 bridgehead atoms. The highest BCUT2D eigenvalue weighted by Gasteiger charge is 2.22. The van der Waals surface area contributed by atoms with E-state index in [9.17, 15) is 0 Å². The van der Waals surface area contributed by atoms with Crippen molar-refractivity contribution in [3.8, 4) is 0 Å². The SMILES string of the molecule is CCCC(OCC)C(N)CC1CCCCC1. The molecule has 1 saturated carbocycles. The molecule has 2 unspecified atom stereocenters. The van der Waals surface area contributed by atoms with Crippen molar-refractivity contribution in [2.24, 2.45) is 11.7 Å². The Kier molecular flexibility index (Phi) is 7.06. The van der Waals surface area contributed by atoms with Crippen LogP contribution in [0.2, 0.25) is 0 Å². The predicted molar refractivity (Wildman–Crippen MR) is 69.5 cm³/mol. The van der Waals surface area contributed by atoms with Crippen molar-refractivity contribution in [2.45, 2.75) is 77.4 Å². The number of rotatable bonds is 7. The van der Waals surface area contributed by atoms with Crippen molar-refractivity contribution < 1.29 is 4.74 Å². The van der Waals surface area contributed by atoms with Crippen LogP contribution in [0.4, 0.5) is 0 Å². The molecule has 2 heteroatoms. The first-order valence-electron chi connectivity index (χ1n) is 7.15. The number of hydrogen-bond donors (Lipinski definition) is 1. The second kappa shape index (κ2) is 8.08. The number of hydrogen-bond acceptors (Lipinski definition) is 2. The molecule has 0 aromatic heterocycles. The fourth-order valence-corrected chi connectivity index (χ4v) is 2.88. The van der Waals surface area contributed by atoms with Gasteiger partial charge in [0.1, 0.15) is 0 Å². The molecule has 1 fully saturated rings. The topological polar surface area (TPSA) is 35.2 Å². The average molecular weight is 227 g/mol. The molecule has 0 spiro atoms. The van der Waals surface area contributed by atoms with E-state index in [2.05, 4.69) is 13.8 Å². The van der Waals surface area contributed by atoms with Gasteiger partial charge in [-0.2, -0.15) is 0 Å². The molecule has 0 aliphatic heterocycles. The van der Waals surface area contributed by atoms with Crippen LogP contribution in [0.3, 0.4) is 0 Å². The minimum absolute atomic E-state index is 0.253. The largest absolute Gasteiger partial charge is 0.377 e. The first kappa shape index (κ1) is 14.0. The minimum atomic E-state index is 0.253. The van der Waals surface area contributed by atoms with Gasteiger partial charge in [0.15, 0.2) is 0 Å². The summed E-state index contributed by atoms with van der Waals surface area (Å²) in [5.74, 6) is 0.864. The van der Waals surface area contributed by atoms with Crippen molar-refractivity contribution >= 4 is 0 Å². The summed E-state index contributed by atoms with van der Waals surface area (Å²) in [6.07, 6.45) is 10.8. The van der Waals surface area contributed by atoms with E-state index in [0.29, 0.717) is 0 Å². The lowest BCUT2D eigenvalue weighted by molar-refractivity contribution is 0.0304. The van der Waals surface area contributed by atoms with Gasteiger partial charge in [-0.05, 0) is 25.7 Å². The zero-order valence-electron chi connectivity index (χ0n) is 11.1. The van der Waals surface area contributed by atoms with E-state index in [1.165, 1.54) is 44.9 Å². The first-order valence-corrected chi connectivity index (χ1v) is 7.15. The van der Waals surface area contributed by atoms with Crippen molar-refractivity contribution in [3.63, 3.8) is 0 Å². The van der Waals surface area contributed by atoms with Crippen molar-refractivity contribution in [1.82, 2.24) is 0 Å². The van der Waals surface area contributed by atoms with Crippen LogP contribution >= 0.6 is 0 Å². The van der Waals surface area contributed by atoms with E-state index < -0.39 is 0 Å². The van der Waals surface area contributed by atoms with Gasteiger partial charge in [0, 0.05) is 12.6 Å². The molecule has 0 heterocycles. The Morgan fingerprint density at radius 1 is 1.19 bits per heavy atom. The molecule has 1 aliphatic carbocycles. The molecule has 16 heavy (non-hydrogen) atoms. The molecule has 0 aromatic carbocycles. The minimum Gasteiger partial charge on any atom is -0.377 e. The molecular formula is C14H29NO. The van der Waals surface area contributed by atoms with Crippen molar-refractivity contribution in [2.75, 3.05) is 6.61 Å². The van der Waals surface area contributed by atoms with Crippen LogP contribution in [-0.4, -0.2) is 18.8 Å². The van der Waals surface area contributed by atoms with E-state index in [1.807, 2.05) is 0 Å². The summed E-state index contributed by atoms with van der Waals surface area (Å²) >= 11 is 0. The maximum absolute atomic E-state index is 6.30. The highest BCUT2D eigenvalue weighted by Crippen LogP contribution is 2.28. The maximum atomic E-state index is 6.30. The van der Waals surface area contributed by atoms with E-state index >= 15 is 0 Å². The van der Waals surface area contributed by atoms with Gasteiger partial charge < -0.3 is 10.5 Å². The third-order valence-corrected chi connectivity index (χ3v) is 3.76. The Labute approximate surface area is 101 Å². The van der Waals surface area contributed by atoms with E-state index in [0.717, 1.165) is 18.9 Å². The third-order valence-electron chi connectivity index (χ3n) is 3.76. The zero-order valence-corrected chi connectivity index (χ0v) is 11.1. The average Bonchev–Trinajstić information content (AvgIpc) is 2.30. The van der Waals surface area contributed by atoms with Crippen LogP contribution in [0, 0.1) is 5.92 Å². The zero-order chi connectivity index (χ0) is 11.8. The molecule has 2 nitrogen and oxygen atoms in total. The van der Waals surface area contributed by atoms with Gasteiger partial charge in [0.25, 0.3) is 0 Å². The Balaban J connectivity index is 2.31. The smallest absolute Gasteiger partial charge is 0.0725 e. The summed E-state index contributed by atoms with van der Waals surface area (Å²) in [5, 5.41) is 0. The second-order valence-corrected chi connectivity index (χ2v) is 5.19. The summed E-state index contributed by atoms with van der Waals surface area (Å²) in [4.78, 5) is 0. The van der Waals surface area contributed by atoms with Gasteiger partial charge in [-0.1, -0.05) is 45.4 Å². The molecular weight excluding hydrogens is 198 g/mol. The van der Waals surface area contributed by atoms with Gasteiger partial charge in [-0.25, -0.2) is 0 Å². The Morgan fingerprint density at radius 2 is 1.88 bits per heavy atom. The first-order chi connectivity index (χ1) is 7.77. The Hall–Kier alpha value is -0.0800. The fourth-order valence-electron chi connectivity index (χ4n) is 2.88. The molecule has 0 radical (unpaired) electrons. The number of ether oxygens (including phenoxy) is 1. The van der Waals surface area contributed by atoms with Crippen LogP contribution < -0.4 is 5.73 Å². The Bertz CT molecular complexity index is 160. The summed E-state index contributed by atoms with van der Waals surface area (Å²) in [6, 6.07) is 0.253. The summed E-state index contributed by atoms with van der Waals surface area (Å²) in [6.45, 7) is 5.07. The fraction of sp³-hybridized carbons (Fsp3) is 1.00. The van der Waals surface area contributed by atoms with Gasteiger partial charge >= 0.3 is 0 Å². The lowest BCUT2D eigenvalue weighted by Gasteiger charge is -2.29. The van der Waals surface area contributed by atoms with Gasteiger partial charge in [-0.3, -0.25) is 0 Å². The molecule has 1 aliphatic rings. The van der Waals surface area contributed by atoms with Crippen molar-refractivity contribution in [1.29, 1.82) is 0 Å². The molecule has 0 aromatic rings. The maximum Gasteiger partial charge on any atom is 0.0725 e. The van der Waals surface area contributed by atoms with Gasteiger partial charge in [-0.15, -0.1) is 0 Å². The molecule has 0 saturated heterocycles. The van der Waals surface area contributed by atoms with Crippen molar-refractivity contribution in [3.05, 3.63) is 0 Å². The van der Waals surface area contributed by atoms with Crippen LogP contribution in [0.1, 0.15) is 65.2 Å². The summed E-state index contributed by atoms with van der Waals surface area (Å²) < 4.78 is 5.76. The number of nitrogens with two attached hydrogens (primary N) is 1. The lowest BCUT2D eigenvalue weighted by Crippen LogP contribution is -2.38. The van der Waals surface area contributed by atoms with Crippen LogP contribution in [0.5, 0.6) is 0 Å². The predicted octanol–water partition coefficient (Wildman–Crippen LogP) is 3.49. The monoisotopic (exact) mass is 227 g/mol. The highest BCUT2D eigenvalue weighted by atomic mass is 16.5. The molecule has 2 atom stereocenters. The second-order valence-electron chi connectivity index (χ2n) is 5.19. The van der Waals surface area contributed by atoms with E-state index in [4.69, 9.17) is 10.5 Å². The lowest BCUT2D eigenvalue weighted by atomic mass is 9.83. The Morgan fingerprint density at radius 3 is 2.44 bits per heavy atom. The van der Waals surface area contributed by atoms with Gasteiger partial charge in [0.05, 0.1) is 6.10 Å². The standard InChI is InChI=1S/C14H29NO/c1-3-8-14(16-4-2)13(15)11-12-9-6-5-7-10-12/h12-14H,3-11,15H2,1-2H3. The van der Waals surface area contributed by atoms with Crippen LogP contribution in [0.15, 0.2) is 0 Å². The normalized spacial score (nSPS) is 21.9. The summed E-state index contributed by atoms with van der Waals surface area (Å²) in [7, 11) is 0. The molecule has 1 rings (SSSR count). The van der Waals surface area contributed by atoms with Crippen LogP contribution in [-0.2, 0) is 4.74 Å². The van der Waals surface area contributed by atoms with Gasteiger partial charge in [0.2, 0.25) is 0 Å². The quantitative estimate of drug-likeness (QED) is 0.722. The molecule has 2 N–H and O–H groups in total. The highest BCUT2D eigenvalue weighted by molar-refractivity contribution is 4.78. The van der Waals surface area contributed by atoms with E-state index in [-0.39, 0.29) is 12.1 Å². The van der Waals surface area contributed by atoms with Crippen LogP contribution in [0.25, 0.3) is 0 Å². The van der Waals surface area contributed by atoms with E-state index in [1.54, 1.807) is 0 Å². The summed E-state index contributed by atoms with van der Waals surface area (Å²) in [5.41, 5.74) is 6.30. The third kappa shape index (κ3) is 4.84. The molecule has 0 amide bonds.